The van der Waals surface area contributed by atoms with Crippen molar-refractivity contribution >= 4 is 28.5 Å². The molecule has 0 spiro atoms. The van der Waals surface area contributed by atoms with Crippen LogP contribution in [-0.2, 0) is 16.1 Å². The van der Waals surface area contributed by atoms with Crippen molar-refractivity contribution in [3.05, 3.63) is 29.4 Å². The van der Waals surface area contributed by atoms with Crippen molar-refractivity contribution in [3.8, 4) is 5.75 Å². The van der Waals surface area contributed by atoms with E-state index in [2.05, 4.69) is 5.10 Å². The van der Waals surface area contributed by atoms with Gasteiger partial charge in [0.2, 0.25) is 0 Å². The third-order valence-corrected chi connectivity index (χ3v) is 2.56. The van der Waals surface area contributed by atoms with E-state index in [0.29, 0.717) is 22.5 Å². The summed E-state index contributed by atoms with van der Waals surface area (Å²) >= 11 is 5.81. The Kier molecular flexibility index (Phi) is 3.62. The average Bonchev–Trinajstić information content (AvgIpc) is 2.30. The van der Waals surface area contributed by atoms with E-state index in [1.54, 1.807) is 25.1 Å². The number of nitrogens with zero attached hydrogens (tertiary/aromatic N) is 2. The van der Waals surface area contributed by atoms with E-state index in [1.165, 1.54) is 10.9 Å². The molecule has 2 aromatic rings. The van der Waals surface area contributed by atoms with E-state index < -0.39 is 5.97 Å². The van der Waals surface area contributed by atoms with Crippen molar-refractivity contribution < 1.29 is 19.3 Å². The van der Waals surface area contributed by atoms with Crippen LogP contribution in [0.3, 0.4) is 0 Å². The minimum absolute atomic E-state index is 0.0817. The molecule has 0 fully saturated rings. The molecule has 0 aliphatic heterocycles. The lowest BCUT2D eigenvalue weighted by Crippen LogP contribution is -2.42. The summed E-state index contributed by atoms with van der Waals surface area (Å²) in [6, 6.07) is 4.84. The first kappa shape index (κ1) is 12.6. The highest BCUT2D eigenvalue weighted by Gasteiger charge is 2.13. The van der Waals surface area contributed by atoms with E-state index in [4.69, 9.17) is 16.3 Å². The van der Waals surface area contributed by atoms with Crippen LogP contribution in [0.25, 0.3) is 10.9 Å². The van der Waals surface area contributed by atoms with Crippen LogP contribution in [0.4, 0.5) is 0 Å². The molecule has 1 aromatic carbocycles. The first-order valence-corrected chi connectivity index (χ1v) is 5.80. The summed E-state index contributed by atoms with van der Waals surface area (Å²) in [5.41, 5.74) is 0.496. The van der Waals surface area contributed by atoms with Gasteiger partial charge in [0.1, 0.15) is 5.52 Å². The number of esters is 1. The van der Waals surface area contributed by atoms with Crippen molar-refractivity contribution in [2.45, 2.75) is 13.5 Å². The standard InChI is InChI=1S/C12H11ClN2O3/c1-2-18-12(17)7-15-6-11(16)9-5-8(13)3-4-10(9)14-15/h3-6H,2,7H2,1H3. The van der Waals surface area contributed by atoms with Gasteiger partial charge in [-0.2, -0.15) is 0 Å². The third-order valence-electron chi connectivity index (χ3n) is 2.32. The largest absolute Gasteiger partial charge is 0.868 e. The molecule has 1 aromatic heterocycles. The van der Waals surface area contributed by atoms with E-state index in [9.17, 15) is 9.90 Å². The van der Waals surface area contributed by atoms with Crippen LogP contribution in [0.2, 0.25) is 5.02 Å². The van der Waals surface area contributed by atoms with Crippen molar-refractivity contribution in [2.24, 2.45) is 0 Å². The average molecular weight is 267 g/mol. The van der Waals surface area contributed by atoms with Gasteiger partial charge in [0, 0.05) is 15.5 Å². The second kappa shape index (κ2) is 5.18. The maximum absolute atomic E-state index is 11.8. The summed E-state index contributed by atoms with van der Waals surface area (Å²) in [6.45, 7) is 1.94. The van der Waals surface area contributed by atoms with E-state index in [-0.39, 0.29) is 12.3 Å². The number of benzene rings is 1. The van der Waals surface area contributed by atoms with Crippen molar-refractivity contribution in [3.63, 3.8) is 0 Å². The maximum atomic E-state index is 11.8. The number of fused-ring (bicyclic) bond motifs is 1. The molecule has 0 saturated heterocycles. The number of carbonyl (C=O) groups is 1. The molecule has 2 rings (SSSR count). The second-order valence-electron chi connectivity index (χ2n) is 3.66. The summed E-state index contributed by atoms with van der Waals surface area (Å²) < 4.78 is 6.07. The number of aromatic nitrogens is 2. The van der Waals surface area contributed by atoms with Gasteiger partial charge in [-0.25, -0.2) is 4.79 Å². The van der Waals surface area contributed by atoms with Crippen LogP contribution >= 0.6 is 11.6 Å². The van der Waals surface area contributed by atoms with Crippen molar-refractivity contribution in [1.82, 2.24) is 5.10 Å². The maximum Gasteiger partial charge on any atom is 0.375 e. The topological polar surface area (TPSA) is 66.1 Å². The van der Waals surface area contributed by atoms with E-state index in [0.717, 1.165) is 0 Å². The fourth-order valence-electron chi connectivity index (χ4n) is 1.58. The number of ether oxygens (including phenoxy) is 1. The summed E-state index contributed by atoms with van der Waals surface area (Å²) in [6.07, 6.45) is 1.26. The van der Waals surface area contributed by atoms with Crippen LogP contribution in [0.5, 0.6) is 5.75 Å². The van der Waals surface area contributed by atoms with Gasteiger partial charge in [-0.15, -0.1) is 0 Å². The lowest BCUT2D eigenvalue weighted by molar-refractivity contribution is -0.743. The molecule has 0 unspecified atom stereocenters. The summed E-state index contributed by atoms with van der Waals surface area (Å²) in [7, 11) is 0. The number of carbonyl (C=O) groups excluding carboxylic acids is 1. The minimum atomic E-state index is -0.428. The molecule has 0 bridgehead atoms. The summed E-state index contributed by atoms with van der Waals surface area (Å²) in [4.78, 5) is 11.3. The van der Waals surface area contributed by atoms with Crippen LogP contribution in [-0.4, -0.2) is 17.7 Å². The van der Waals surface area contributed by atoms with Crippen molar-refractivity contribution in [1.29, 1.82) is 0 Å². The number of hydrogen-bond acceptors (Lipinski definition) is 4. The van der Waals surface area contributed by atoms with Gasteiger partial charge < -0.3 is 9.84 Å². The van der Waals surface area contributed by atoms with E-state index in [1.807, 2.05) is 0 Å². The molecule has 5 nitrogen and oxygen atoms in total. The Hall–Kier alpha value is -1.88. The first-order chi connectivity index (χ1) is 8.60. The molecule has 1 heterocycles. The van der Waals surface area contributed by atoms with Crippen LogP contribution in [0.1, 0.15) is 6.92 Å². The Morgan fingerprint density at radius 3 is 3.06 bits per heavy atom. The SMILES string of the molecule is CCOC(=O)C[n+]1cc([O-])c2cc(Cl)ccc2n1. The molecule has 6 heteroatoms. The highest BCUT2D eigenvalue weighted by atomic mass is 35.5. The molecular formula is C12H11ClN2O3. The molecule has 94 valence electrons. The summed E-state index contributed by atoms with van der Waals surface area (Å²) in [5, 5.41) is 16.9. The summed E-state index contributed by atoms with van der Waals surface area (Å²) in [5.74, 6) is -0.658. The molecule has 0 aliphatic rings. The lowest BCUT2D eigenvalue weighted by Gasteiger charge is -2.07. The molecule has 0 N–H and O–H groups in total. The van der Waals surface area contributed by atoms with Crippen LogP contribution in [0, 0.1) is 0 Å². The highest BCUT2D eigenvalue weighted by Crippen LogP contribution is 2.21. The molecule has 0 amide bonds. The Bertz CT molecular complexity index is 601. The van der Waals surface area contributed by atoms with Gasteiger partial charge in [-0.1, -0.05) is 16.3 Å². The van der Waals surface area contributed by atoms with Gasteiger partial charge >= 0.3 is 5.97 Å². The zero-order chi connectivity index (χ0) is 13.1. The number of hydrogen-bond donors (Lipinski definition) is 0. The van der Waals surface area contributed by atoms with Crippen LogP contribution in [0.15, 0.2) is 24.4 Å². The molecule has 18 heavy (non-hydrogen) atoms. The van der Waals surface area contributed by atoms with Gasteiger partial charge in [0.25, 0.3) is 6.54 Å². The lowest BCUT2D eigenvalue weighted by atomic mass is 10.2. The Morgan fingerprint density at radius 2 is 2.33 bits per heavy atom. The highest BCUT2D eigenvalue weighted by molar-refractivity contribution is 6.31. The smallest absolute Gasteiger partial charge is 0.375 e. The van der Waals surface area contributed by atoms with E-state index >= 15 is 0 Å². The van der Waals surface area contributed by atoms with Gasteiger partial charge in [-0.05, 0) is 30.9 Å². The normalized spacial score (nSPS) is 10.6. The zero-order valence-corrected chi connectivity index (χ0v) is 10.5. The monoisotopic (exact) mass is 266 g/mol. The Morgan fingerprint density at radius 1 is 1.56 bits per heavy atom. The third kappa shape index (κ3) is 2.68. The predicted molar refractivity (Wildman–Crippen MR) is 63.0 cm³/mol. The number of rotatable bonds is 3. The second-order valence-corrected chi connectivity index (χ2v) is 4.09. The predicted octanol–water partition coefficient (Wildman–Crippen LogP) is 0.812. The van der Waals surface area contributed by atoms with Crippen molar-refractivity contribution in [2.75, 3.05) is 6.61 Å². The van der Waals surface area contributed by atoms with Crippen LogP contribution < -0.4 is 9.79 Å². The van der Waals surface area contributed by atoms with Gasteiger partial charge in [-0.3, -0.25) is 0 Å². The molecule has 0 saturated carbocycles. The van der Waals surface area contributed by atoms with Gasteiger partial charge in [0.15, 0.2) is 6.20 Å². The Balaban J connectivity index is 2.37. The molecule has 0 aliphatic carbocycles. The fourth-order valence-corrected chi connectivity index (χ4v) is 1.76. The molecule has 0 radical (unpaired) electrons. The first-order valence-electron chi connectivity index (χ1n) is 5.43. The zero-order valence-electron chi connectivity index (χ0n) is 9.72. The fraction of sp³-hybridized carbons (Fsp3) is 0.250. The minimum Gasteiger partial charge on any atom is -0.868 e. The number of halogens is 1. The van der Waals surface area contributed by atoms with Gasteiger partial charge in [0.05, 0.1) is 6.61 Å². The Labute approximate surface area is 109 Å². The quantitative estimate of drug-likeness (QED) is 0.609. The molecule has 0 atom stereocenters. The molecular weight excluding hydrogens is 256 g/mol.